The Kier molecular flexibility index (Phi) is 5.29. The van der Waals surface area contributed by atoms with Gasteiger partial charge in [0.1, 0.15) is 0 Å². The average Bonchev–Trinajstić information content (AvgIpc) is 2.48. The minimum atomic E-state index is -0.630. The summed E-state index contributed by atoms with van der Waals surface area (Å²) in [6, 6.07) is 7.61. The van der Waals surface area contributed by atoms with Gasteiger partial charge < -0.3 is 20.6 Å². The van der Waals surface area contributed by atoms with E-state index >= 15 is 0 Å². The minimum absolute atomic E-state index is 0.104. The number of nitrogens with one attached hydrogen (secondary N) is 2. The zero-order valence-corrected chi connectivity index (χ0v) is 13.7. The molecule has 122 valence electrons. The summed E-state index contributed by atoms with van der Waals surface area (Å²) in [5, 5.41) is 14.7. The van der Waals surface area contributed by atoms with Gasteiger partial charge in [-0.05, 0) is 56.9 Å². The molecule has 0 saturated carbocycles. The van der Waals surface area contributed by atoms with E-state index in [2.05, 4.69) is 22.5 Å². The Morgan fingerprint density at radius 1 is 1.27 bits per heavy atom. The normalized spacial score (nSPS) is 16.5. The van der Waals surface area contributed by atoms with Crippen molar-refractivity contribution in [2.75, 3.05) is 29.9 Å². The number of anilines is 2. The highest BCUT2D eigenvalue weighted by Gasteiger charge is 2.19. The standard InChI is InChI=1S/C17H27N3O2/c1-13-8-10-20(11-9-13)15-6-4-14(5-7-15)18-16(22)19-17(2,3)12-21/h4-7,13,21H,8-12H2,1-3H3,(H2,18,19,22). The van der Waals surface area contributed by atoms with Crippen LogP contribution < -0.4 is 15.5 Å². The lowest BCUT2D eigenvalue weighted by Gasteiger charge is -2.32. The zero-order valence-electron chi connectivity index (χ0n) is 13.7. The number of rotatable bonds is 4. The molecule has 5 nitrogen and oxygen atoms in total. The molecule has 0 radical (unpaired) electrons. The van der Waals surface area contributed by atoms with Crippen LogP contribution >= 0.6 is 0 Å². The van der Waals surface area contributed by atoms with Crippen LogP contribution in [0.1, 0.15) is 33.6 Å². The van der Waals surface area contributed by atoms with Crippen molar-refractivity contribution in [2.24, 2.45) is 5.92 Å². The third kappa shape index (κ3) is 4.63. The summed E-state index contributed by atoms with van der Waals surface area (Å²) in [5.74, 6) is 0.816. The summed E-state index contributed by atoms with van der Waals surface area (Å²) >= 11 is 0. The van der Waals surface area contributed by atoms with E-state index in [4.69, 9.17) is 5.11 Å². The van der Waals surface area contributed by atoms with Crippen LogP contribution in [0.25, 0.3) is 0 Å². The first-order valence-corrected chi connectivity index (χ1v) is 7.95. The fraction of sp³-hybridized carbons (Fsp3) is 0.588. The van der Waals surface area contributed by atoms with Gasteiger partial charge in [-0.2, -0.15) is 0 Å². The Hall–Kier alpha value is -1.75. The second-order valence-corrected chi connectivity index (χ2v) is 6.84. The molecule has 0 atom stereocenters. The van der Waals surface area contributed by atoms with Gasteiger partial charge in [-0.1, -0.05) is 6.92 Å². The maximum absolute atomic E-state index is 11.9. The van der Waals surface area contributed by atoms with Gasteiger partial charge in [0.15, 0.2) is 0 Å². The van der Waals surface area contributed by atoms with Crippen molar-refractivity contribution in [3.05, 3.63) is 24.3 Å². The maximum Gasteiger partial charge on any atom is 0.319 e. The molecule has 1 fully saturated rings. The second kappa shape index (κ2) is 7.01. The number of nitrogens with zero attached hydrogens (tertiary/aromatic N) is 1. The van der Waals surface area contributed by atoms with E-state index in [0.717, 1.165) is 24.7 Å². The molecule has 1 aliphatic rings. The Bertz CT molecular complexity index is 491. The van der Waals surface area contributed by atoms with E-state index in [1.807, 2.05) is 24.3 Å². The molecule has 2 amide bonds. The quantitative estimate of drug-likeness (QED) is 0.801. The van der Waals surface area contributed by atoms with Crippen molar-refractivity contribution in [3.8, 4) is 0 Å². The van der Waals surface area contributed by atoms with Crippen molar-refractivity contribution in [1.29, 1.82) is 0 Å². The van der Waals surface area contributed by atoms with Crippen molar-refractivity contribution in [2.45, 2.75) is 39.2 Å². The van der Waals surface area contributed by atoms with Gasteiger partial charge in [0.2, 0.25) is 0 Å². The maximum atomic E-state index is 11.9. The summed E-state index contributed by atoms with van der Waals surface area (Å²) in [6.07, 6.45) is 2.47. The van der Waals surface area contributed by atoms with Gasteiger partial charge in [0.25, 0.3) is 0 Å². The number of aliphatic hydroxyl groups is 1. The Morgan fingerprint density at radius 2 is 1.86 bits per heavy atom. The predicted octanol–water partition coefficient (Wildman–Crippen LogP) is 2.82. The Balaban J connectivity index is 1.90. The highest BCUT2D eigenvalue weighted by Crippen LogP contribution is 2.24. The predicted molar refractivity (Wildman–Crippen MR) is 90.4 cm³/mol. The molecule has 0 spiro atoms. The largest absolute Gasteiger partial charge is 0.394 e. The van der Waals surface area contributed by atoms with Gasteiger partial charge in [0, 0.05) is 24.5 Å². The molecule has 5 heteroatoms. The molecular weight excluding hydrogens is 278 g/mol. The van der Waals surface area contributed by atoms with E-state index in [1.165, 1.54) is 18.5 Å². The Labute approximate surface area is 132 Å². The number of carbonyl (C=O) groups is 1. The van der Waals surface area contributed by atoms with Gasteiger partial charge in [-0.3, -0.25) is 0 Å². The molecular formula is C17H27N3O2. The zero-order chi connectivity index (χ0) is 16.2. The number of amides is 2. The first-order chi connectivity index (χ1) is 10.4. The molecule has 1 aromatic rings. The van der Waals surface area contributed by atoms with Gasteiger partial charge in [-0.15, -0.1) is 0 Å². The topological polar surface area (TPSA) is 64.6 Å². The molecule has 0 unspecified atom stereocenters. The number of urea groups is 1. The van der Waals surface area contributed by atoms with E-state index in [9.17, 15) is 4.79 Å². The molecule has 1 aromatic carbocycles. The summed E-state index contributed by atoms with van der Waals surface area (Å²) in [4.78, 5) is 14.3. The first kappa shape index (κ1) is 16.6. The van der Waals surface area contributed by atoms with Crippen LogP contribution in [0.2, 0.25) is 0 Å². The molecule has 1 aliphatic heterocycles. The van der Waals surface area contributed by atoms with Crippen molar-refractivity contribution >= 4 is 17.4 Å². The number of aliphatic hydroxyl groups excluding tert-OH is 1. The van der Waals surface area contributed by atoms with Crippen LogP contribution in [0.4, 0.5) is 16.2 Å². The molecule has 0 aromatic heterocycles. The summed E-state index contributed by atoms with van der Waals surface area (Å²) in [7, 11) is 0. The molecule has 1 heterocycles. The molecule has 0 aliphatic carbocycles. The van der Waals surface area contributed by atoms with Crippen LogP contribution in [-0.4, -0.2) is 36.4 Å². The van der Waals surface area contributed by atoms with E-state index in [0.29, 0.717) is 0 Å². The average molecular weight is 305 g/mol. The van der Waals surface area contributed by atoms with Crippen LogP contribution in [0.5, 0.6) is 0 Å². The third-order valence-electron chi connectivity index (χ3n) is 4.12. The van der Waals surface area contributed by atoms with Crippen LogP contribution in [0.15, 0.2) is 24.3 Å². The van der Waals surface area contributed by atoms with Gasteiger partial charge in [-0.25, -0.2) is 4.79 Å². The van der Waals surface area contributed by atoms with Crippen molar-refractivity contribution in [3.63, 3.8) is 0 Å². The van der Waals surface area contributed by atoms with Gasteiger partial charge >= 0.3 is 6.03 Å². The van der Waals surface area contributed by atoms with Crippen LogP contribution in [0, 0.1) is 5.92 Å². The smallest absolute Gasteiger partial charge is 0.319 e. The lowest BCUT2D eigenvalue weighted by atomic mass is 9.99. The number of hydrogen-bond acceptors (Lipinski definition) is 3. The van der Waals surface area contributed by atoms with Crippen molar-refractivity contribution < 1.29 is 9.90 Å². The SMILES string of the molecule is CC1CCN(c2ccc(NC(=O)NC(C)(C)CO)cc2)CC1. The first-order valence-electron chi connectivity index (χ1n) is 7.95. The Morgan fingerprint density at radius 3 is 2.41 bits per heavy atom. The van der Waals surface area contributed by atoms with Gasteiger partial charge in [0.05, 0.1) is 12.1 Å². The lowest BCUT2D eigenvalue weighted by molar-refractivity contribution is 0.187. The van der Waals surface area contributed by atoms with E-state index in [-0.39, 0.29) is 12.6 Å². The fourth-order valence-electron chi connectivity index (χ4n) is 2.53. The second-order valence-electron chi connectivity index (χ2n) is 6.84. The number of carbonyl (C=O) groups excluding carboxylic acids is 1. The lowest BCUT2D eigenvalue weighted by Crippen LogP contribution is -2.48. The minimum Gasteiger partial charge on any atom is -0.394 e. The highest BCUT2D eigenvalue weighted by atomic mass is 16.3. The monoisotopic (exact) mass is 305 g/mol. The fourth-order valence-corrected chi connectivity index (χ4v) is 2.53. The summed E-state index contributed by atoms with van der Waals surface area (Å²) in [5.41, 5.74) is 1.32. The summed E-state index contributed by atoms with van der Waals surface area (Å²) < 4.78 is 0. The van der Waals surface area contributed by atoms with Crippen LogP contribution in [-0.2, 0) is 0 Å². The van der Waals surface area contributed by atoms with Crippen molar-refractivity contribution in [1.82, 2.24) is 5.32 Å². The van der Waals surface area contributed by atoms with E-state index < -0.39 is 5.54 Å². The number of hydrogen-bond donors (Lipinski definition) is 3. The van der Waals surface area contributed by atoms with E-state index in [1.54, 1.807) is 13.8 Å². The molecule has 22 heavy (non-hydrogen) atoms. The summed E-state index contributed by atoms with van der Waals surface area (Å²) in [6.45, 7) is 7.93. The highest BCUT2D eigenvalue weighted by molar-refractivity contribution is 5.89. The number of benzene rings is 1. The molecule has 1 saturated heterocycles. The molecule has 2 rings (SSSR count). The molecule has 0 bridgehead atoms. The third-order valence-corrected chi connectivity index (χ3v) is 4.12. The molecule has 3 N–H and O–H groups in total. The number of piperidine rings is 1. The van der Waals surface area contributed by atoms with Crippen LogP contribution in [0.3, 0.4) is 0 Å².